The van der Waals surface area contributed by atoms with Gasteiger partial charge in [-0.2, -0.15) is 0 Å². The second kappa shape index (κ2) is 7.17. The molecule has 0 saturated carbocycles. The molecule has 0 aliphatic heterocycles. The Kier molecular flexibility index (Phi) is 6.20. The van der Waals surface area contributed by atoms with Crippen molar-refractivity contribution in [2.24, 2.45) is 0 Å². The van der Waals surface area contributed by atoms with E-state index in [0.29, 0.717) is 5.02 Å². The Labute approximate surface area is 126 Å². The van der Waals surface area contributed by atoms with Crippen molar-refractivity contribution < 1.29 is 14.3 Å². The predicted octanol–water partition coefficient (Wildman–Crippen LogP) is 4.56. The summed E-state index contributed by atoms with van der Waals surface area (Å²) in [5.74, 6) is 2.53. The molecule has 1 aromatic carbocycles. The molecule has 7 heteroatoms. The lowest BCUT2D eigenvalue weighted by Crippen LogP contribution is -2.11. The molecule has 0 aromatic heterocycles. The van der Waals surface area contributed by atoms with Crippen molar-refractivity contribution in [3.05, 3.63) is 27.2 Å². The zero-order valence-corrected chi connectivity index (χ0v) is 12.5. The van der Waals surface area contributed by atoms with Gasteiger partial charge in [0.05, 0.1) is 10.0 Å². The number of benzene rings is 1. The highest BCUT2D eigenvalue weighted by atomic mass is 127. The van der Waals surface area contributed by atoms with E-state index < -0.39 is 6.16 Å². The molecule has 0 bridgehead atoms. The van der Waals surface area contributed by atoms with E-state index in [1.807, 2.05) is 22.6 Å². The van der Waals surface area contributed by atoms with E-state index in [0.717, 1.165) is 0 Å². The van der Waals surface area contributed by atoms with Gasteiger partial charge in [0.1, 0.15) is 0 Å². The van der Waals surface area contributed by atoms with Crippen LogP contribution in [0.2, 0.25) is 15.1 Å². The fourth-order valence-electron chi connectivity index (χ4n) is 0.862. The van der Waals surface area contributed by atoms with Gasteiger partial charge in [-0.25, -0.2) is 4.79 Å². The largest absolute Gasteiger partial charge is 0.514 e. The van der Waals surface area contributed by atoms with Crippen molar-refractivity contribution in [1.29, 1.82) is 0 Å². The molecular formula is C10H4Cl3IO3. The summed E-state index contributed by atoms with van der Waals surface area (Å²) in [6.45, 7) is -0.0649. The molecular weight excluding hydrogens is 401 g/mol. The van der Waals surface area contributed by atoms with Gasteiger partial charge in [0.25, 0.3) is 0 Å². The molecule has 0 spiro atoms. The average molecular weight is 405 g/mol. The number of ether oxygens (including phenoxy) is 2. The summed E-state index contributed by atoms with van der Waals surface area (Å²) in [5, 5.41) is 0.593. The first-order chi connectivity index (χ1) is 8.04. The van der Waals surface area contributed by atoms with E-state index in [1.54, 1.807) is 0 Å². The maximum atomic E-state index is 11.2. The lowest BCUT2D eigenvalue weighted by molar-refractivity contribution is 0.111. The number of halogens is 4. The number of hydrogen-bond donors (Lipinski definition) is 0. The molecule has 1 rings (SSSR count). The minimum absolute atomic E-state index is 0.00478. The molecule has 0 aliphatic carbocycles. The lowest BCUT2D eigenvalue weighted by atomic mass is 10.3. The van der Waals surface area contributed by atoms with Crippen LogP contribution in [0.5, 0.6) is 5.75 Å². The topological polar surface area (TPSA) is 35.5 Å². The van der Waals surface area contributed by atoms with Crippen molar-refractivity contribution in [1.82, 2.24) is 0 Å². The van der Waals surface area contributed by atoms with E-state index in [9.17, 15) is 4.79 Å². The summed E-state index contributed by atoms with van der Waals surface area (Å²) in [6, 6.07) is 2.81. The third kappa shape index (κ3) is 4.80. The van der Waals surface area contributed by atoms with Crippen molar-refractivity contribution in [3.8, 4) is 15.6 Å². The van der Waals surface area contributed by atoms with Crippen LogP contribution in [0.3, 0.4) is 0 Å². The summed E-state index contributed by atoms with van der Waals surface area (Å²) in [4.78, 5) is 11.2. The van der Waals surface area contributed by atoms with Gasteiger partial charge in [0.15, 0.2) is 12.4 Å². The maximum absolute atomic E-state index is 11.2. The quantitative estimate of drug-likeness (QED) is 0.313. The SMILES string of the molecule is O=C(OCC#CI)Oc1c(Cl)cc(Cl)cc1Cl. The Balaban J connectivity index is 2.73. The molecule has 17 heavy (non-hydrogen) atoms. The number of hydrogen-bond acceptors (Lipinski definition) is 3. The smallest absolute Gasteiger partial charge is 0.421 e. The Hall–Kier alpha value is -0.350. The molecule has 90 valence electrons. The molecule has 3 nitrogen and oxygen atoms in total. The van der Waals surface area contributed by atoms with Crippen molar-refractivity contribution in [2.45, 2.75) is 0 Å². The van der Waals surface area contributed by atoms with Gasteiger partial charge in [0.2, 0.25) is 0 Å². The molecule has 0 saturated heterocycles. The van der Waals surface area contributed by atoms with Gasteiger partial charge < -0.3 is 9.47 Å². The Morgan fingerprint density at radius 3 is 2.41 bits per heavy atom. The monoisotopic (exact) mass is 404 g/mol. The zero-order valence-electron chi connectivity index (χ0n) is 8.10. The Morgan fingerprint density at radius 2 is 1.88 bits per heavy atom. The first kappa shape index (κ1) is 14.7. The molecule has 0 atom stereocenters. The van der Waals surface area contributed by atoms with E-state index in [2.05, 4.69) is 14.6 Å². The van der Waals surface area contributed by atoms with Crippen LogP contribution < -0.4 is 4.74 Å². The normalized spacial score (nSPS) is 9.18. The van der Waals surface area contributed by atoms with Crippen LogP contribution in [0.1, 0.15) is 0 Å². The Morgan fingerprint density at radius 1 is 1.29 bits per heavy atom. The van der Waals surface area contributed by atoms with Gasteiger partial charge in [-0.3, -0.25) is 0 Å². The van der Waals surface area contributed by atoms with Crippen LogP contribution >= 0.6 is 57.4 Å². The van der Waals surface area contributed by atoms with Crippen molar-refractivity contribution in [3.63, 3.8) is 0 Å². The van der Waals surface area contributed by atoms with Crippen molar-refractivity contribution in [2.75, 3.05) is 6.61 Å². The molecule has 0 unspecified atom stereocenters. The highest BCUT2D eigenvalue weighted by Crippen LogP contribution is 2.35. The lowest BCUT2D eigenvalue weighted by Gasteiger charge is -2.07. The van der Waals surface area contributed by atoms with Gasteiger partial charge in [-0.15, -0.1) is 0 Å². The fourth-order valence-corrected chi connectivity index (χ4v) is 1.91. The fraction of sp³-hybridized carbons (Fsp3) is 0.100. The molecule has 1 aromatic rings. The first-order valence-electron chi connectivity index (χ1n) is 4.12. The van der Waals surface area contributed by atoms with E-state index in [4.69, 9.17) is 39.5 Å². The van der Waals surface area contributed by atoms with Crippen LogP contribution in [0.25, 0.3) is 0 Å². The Bertz CT molecular complexity index is 470. The van der Waals surface area contributed by atoms with Gasteiger partial charge in [-0.1, -0.05) is 40.7 Å². The third-order valence-electron chi connectivity index (χ3n) is 1.48. The van der Waals surface area contributed by atoms with Crippen LogP contribution in [-0.2, 0) is 4.74 Å². The van der Waals surface area contributed by atoms with Crippen LogP contribution in [0.15, 0.2) is 12.1 Å². The summed E-state index contributed by atoms with van der Waals surface area (Å²) in [5.41, 5.74) is 0. The summed E-state index contributed by atoms with van der Waals surface area (Å²) < 4.78 is 12.0. The number of carbonyl (C=O) groups is 1. The second-order valence-corrected chi connectivity index (χ2v) is 4.40. The van der Waals surface area contributed by atoms with E-state index >= 15 is 0 Å². The third-order valence-corrected chi connectivity index (χ3v) is 2.64. The van der Waals surface area contributed by atoms with Gasteiger partial charge >= 0.3 is 6.16 Å². The van der Waals surface area contributed by atoms with E-state index in [-0.39, 0.29) is 22.4 Å². The van der Waals surface area contributed by atoms with E-state index in [1.165, 1.54) is 12.1 Å². The molecule has 0 aliphatic rings. The van der Waals surface area contributed by atoms with Crippen LogP contribution in [0.4, 0.5) is 4.79 Å². The van der Waals surface area contributed by atoms with Crippen LogP contribution in [-0.4, -0.2) is 12.8 Å². The first-order valence-corrected chi connectivity index (χ1v) is 6.33. The highest BCUT2D eigenvalue weighted by molar-refractivity contribution is 14.1. The maximum Gasteiger partial charge on any atom is 0.514 e. The summed E-state index contributed by atoms with van der Waals surface area (Å²) >= 11 is 19.1. The van der Waals surface area contributed by atoms with Crippen molar-refractivity contribution >= 4 is 63.5 Å². The zero-order chi connectivity index (χ0) is 12.8. The summed E-state index contributed by atoms with van der Waals surface area (Å²) in [7, 11) is 0. The minimum Gasteiger partial charge on any atom is -0.421 e. The minimum atomic E-state index is -0.935. The predicted molar refractivity (Wildman–Crippen MR) is 75.2 cm³/mol. The number of rotatable bonds is 2. The molecule has 0 heterocycles. The summed E-state index contributed by atoms with van der Waals surface area (Å²) in [6.07, 6.45) is -0.935. The second-order valence-electron chi connectivity index (χ2n) is 2.61. The average Bonchev–Trinajstić information content (AvgIpc) is 2.24. The van der Waals surface area contributed by atoms with Crippen LogP contribution in [0, 0.1) is 9.85 Å². The molecule has 0 radical (unpaired) electrons. The van der Waals surface area contributed by atoms with Gasteiger partial charge in [-0.05, 0) is 16.1 Å². The highest BCUT2D eigenvalue weighted by Gasteiger charge is 2.14. The van der Waals surface area contributed by atoms with Gasteiger partial charge in [0, 0.05) is 27.6 Å². The molecule has 0 N–H and O–H groups in total. The standard InChI is InChI=1S/C10H4Cl3IO3/c11-6-4-7(12)9(8(13)5-6)17-10(15)16-3-1-2-14/h4-5H,3H2. The molecule has 0 fully saturated rings. The molecule has 0 amide bonds. The number of carbonyl (C=O) groups excluding carboxylic acids is 1.